The highest BCUT2D eigenvalue weighted by molar-refractivity contribution is 14.0. The van der Waals surface area contributed by atoms with Crippen LogP contribution in [-0.4, -0.2) is 77.1 Å². The molecule has 1 aliphatic heterocycles. The smallest absolute Gasteiger partial charge is 0.191 e. The van der Waals surface area contributed by atoms with E-state index in [1.165, 1.54) is 38.6 Å². The van der Waals surface area contributed by atoms with E-state index in [1.54, 1.807) is 7.11 Å². The molecule has 2 rings (SSSR count). The molecular formula is C19H39IN4O2. The van der Waals surface area contributed by atoms with Gasteiger partial charge in [0, 0.05) is 46.4 Å². The van der Waals surface area contributed by atoms with Gasteiger partial charge < -0.3 is 20.1 Å². The third kappa shape index (κ3) is 8.71. The van der Waals surface area contributed by atoms with Crippen molar-refractivity contribution in [1.29, 1.82) is 0 Å². The van der Waals surface area contributed by atoms with Crippen molar-refractivity contribution in [1.82, 2.24) is 15.5 Å². The average Bonchev–Trinajstić information content (AvgIpc) is 2.61. The molecule has 2 fully saturated rings. The number of halogens is 1. The summed E-state index contributed by atoms with van der Waals surface area (Å²) in [5.41, 5.74) is 0.384. The van der Waals surface area contributed by atoms with Gasteiger partial charge in [0.15, 0.2) is 5.96 Å². The second-order valence-corrected chi connectivity index (χ2v) is 7.38. The van der Waals surface area contributed by atoms with Crippen LogP contribution in [0.1, 0.15) is 45.4 Å². The summed E-state index contributed by atoms with van der Waals surface area (Å²) in [4.78, 5) is 7.36. The Bertz CT molecular complexity index is 386. The van der Waals surface area contributed by atoms with Crippen LogP contribution in [0.15, 0.2) is 4.99 Å². The lowest BCUT2D eigenvalue weighted by Crippen LogP contribution is -2.41. The lowest BCUT2D eigenvalue weighted by atomic mass is 9.67. The van der Waals surface area contributed by atoms with Crippen LogP contribution < -0.4 is 10.6 Å². The van der Waals surface area contributed by atoms with E-state index >= 15 is 0 Å². The van der Waals surface area contributed by atoms with Crippen LogP contribution in [0.2, 0.25) is 0 Å². The van der Waals surface area contributed by atoms with Crippen LogP contribution in [-0.2, 0) is 9.47 Å². The van der Waals surface area contributed by atoms with E-state index in [4.69, 9.17) is 14.5 Å². The van der Waals surface area contributed by atoms with E-state index in [-0.39, 0.29) is 24.0 Å². The Balaban J connectivity index is 0.00000338. The van der Waals surface area contributed by atoms with Gasteiger partial charge in [-0.2, -0.15) is 0 Å². The molecule has 0 aromatic carbocycles. The molecule has 26 heavy (non-hydrogen) atoms. The Kier molecular flexibility index (Phi) is 12.8. The molecule has 2 N–H and O–H groups in total. The van der Waals surface area contributed by atoms with Gasteiger partial charge in [-0.05, 0) is 51.0 Å². The summed E-state index contributed by atoms with van der Waals surface area (Å²) in [7, 11) is 1.79. The van der Waals surface area contributed by atoms with Gasteiger partial charge in [0.25, 0.3) is 0 Å². The third-order valence-corrected chi connectivity index (χ3v) is 5.46. The van der Waals surface area contributed by atoms with Gasteiger partial charge in [0.05, 0.1) is 13.2 Å². The first-order valence-corrected chi connectivity index (χ1v) is 10.1. The molecule has 1 heterocycles. The molecule has 0 bridgehead atoms. The van der Waals surface area contributed by atoms with Crippen molar-refractivity contribution in [2.45, 2.75) is 45.4 Å². The largest absolute Gasteiger partial charge is 0.385 e. The lowest BCUT2D eigenvalue weighted by molar-refractivity contribution is 0.0372. The highest BCUT2D eigenvalue weighted by Crippen LogP contribution is 2.44. The number of guanidine groups is 1. The number of hydrogen-bond donors (Lipinski definition) is 2. The van der Waals surface area contributed by atoms with Crippen molar-refractivity contribution in [3.05, 3.63) is 0 Å². The third-order valence-electron chi connectivity index (χ3n) is 5.46. The summed E-state index contributed by atoms with van der Waals surface area (Å²) < 4.78 is 10.7. The zero-order chi connectivity index (χ0) is 17.8. The molecule has 154 valence electrons. The fourth-order valence-electron chi connectivity index (χ4n) is 3.56. The SMILES string of the molecule is CCNC(=NCC1(CCOC)CCC1)NCCCCN1CCOCC1.I. The normalized spacial score (nSPS) is 20.2. The van der Waals surface area contributed by atoms with Crippen LogP contribution >= 0.6 is 24.0 Å². The van der Waals surface area contributed by atoms with E-state index in [9.17, 15) is 0 Å². The number of unbranched alkanes of at least 4 members (excludes halogenated alkanes) is 1. The molecule has 0 aromatic heterocycles. The number of ether oxygens (including phenoxy) is 2. The fourth-order valence-corrected chi connectivity index (χ4v) is 3.56. The van der Waals surface area contributed by atoms with Crippen LogP contribution in [0.25, 0.3) is 0 Å². The Labute approximate surface area is 176 Å². The van der Waals surface area contributed by atoms with Crippen LogP contribution in [0.3, 0.4) is 0 Å². The molecule has 6 nitrogen and oxygen atoms in total. The summed E-state index contributed by atoms with van der Waals surface area (Å²) in [5.74, 6) is 0.970. The summed E-state index contributed by atoms with van der Waals surface area (Å²) in [6.07, 6.45) is 7.45. The number of morpholine rings is 1. The standard InChI is InChI=1S/C19H38N4O2.HI/c1-3-20-18(22-17-19(7-6-8-19)9-14-24-2)21-10-4-5-11-23-12-15-25-16-13-23;/h3-17H2,1-2H3,(H2,20,21,22);1H. The van der Waals surface area contributed by atoms with Crippen molar-refractivity contribution >= 4 is 29.9 Å². The number of nitrogens with zero attached hydrogens (tertiary/aromatic N) is 2. The fraction of sp³-hybridized carbons (Fsp3) is 0.947. The highest BCUT2D eigenvalue weighted by atomic mass is 127. The number of aliphatic imine (C=N–C) groups is 1. The molecular weight excluding hydrogens is 443 g/mol. The summed E-state index contributed by atoms with van der Waals surface area (Å²) in [6.45, 7) is 10.9. The maximum absolute atomic E-state index is 5.39. The Morgan fingerprint density at radius 1 is 1.19 bits per heavy atom. The van der Waals surface area contributed by atoms with Crippen molar-refractivity contribution in [2.75, 3.05) is 66.2 Å². The van der Waals surface area contributed by atoms with Crippen molar-refractivity contribution in [2.24, 2.45) is 10.4 Å². The van der Waals surface area contributed by atoms with Crippen molar-refractivity contribution < 1.29 is 9.47 Å². The number of nitrogens with one attached hydrogen (secondary N) is 2. The van der Waals surface area contributed by atoms with Crippen LogP contribution in [0.4, 0.5) is 0 Å². The quantitative estimate of drug-likeness (QED) is 0.205. The van der Waals surface area contributed by atoms with E-state index in [0.717, 1.165) is 64.9 Å². The highest BCUT2D eigenvalue weighted by Gasteiger charge is 2.36. The monoisotopic (exact) mass is 482 g/mol. The minimum absolute atomic E-state index is 0. The molecule has 1 aliphatic carbocycles. The van der Waals surface area contributed by atoms with Gasteiger partial charge in [-0.25, -0.2) is 0 Å². The molecule has 0 spiro atoms. The number of hydrogen-bond acceptors (Lipinski definition) is 4. The molecule has 0 unspecified atom stereocenters. The van der Waals surface area contributed by atoms with Gasteiger partial charge in [0.2, 0.25) is 0 Å². The van der Waals surface area contributed by atoms with E-state index < -0.39 is 0 Å². The van der Waals surface area contributed by atoms with Gasteiger partial charge in [-0.3, -0.25) is 9.89 Å². The lowest BCUT2D eigenvalue weighted by Gasteiger charge is -2.40. The van der Waals surface area contributed by atoms with E-state index in [1.807, 2.05) is 0 Å². The Morgan fingerprint density at radius 2 is 1.96 bits per heavy atom. The Hall–Kier alpha value is -0.120. The summed E-state index contributed by atoms with van der Waals surface area (Å²) >= 11 is 0. The predicted octanol–water partition coefficient (Wildman–Crippen LogP) is 2.48. The molecule has 0 aromatic rings. The van der Waals surface area contributed by atoms with E-state index in [2.05, 4.69) is 22.5 Å². The van der Waals surface area contributed by atoms with Gasteiger partial charge in [-0.1, -0.05) is 6.42 Å². The van der Waals surface area contributed by atoms with Gasteiger partial charge in [-0.15, -0.1) is 24.0 Å². The maximum Gasteiger partial charge on any atom is 0.191 e. The first kappa shape index (κ1) is 23.9. The number of methoxy groups -OCH3 is 1. The molecule has 7 heteroatoms. The number of rotatable bonds is 11. The molecule has 2 aliphatic rings. The maximum atomic E-state index is 5.39. The molecule has 1 saturated carbocycles. The molecule has 1 saturated heterocycles. The minimum atomic E-state index is 0. The first-order chi connectivity index (χ1) is 12.3. The van der Waals surface area contributed by atoms with Crippen LogP contribution in [0.5, 0.6) is 0 Å². The van der Waals surface area contributed by atoms with Crippen LogP contribution in [0, 0.1) is 5.41 Å². The topological polar surface area (TPSA) is 58.1 Å². The molecule has 0 atom stereocenters. The first-order valence-electron chi connectivity index (χ1n) is 10.1. The zero-order valence-electron chi connectivity index (χ0n) is 16.7. The molecule has 0 radical (unpaired) electrons. The van der Waals surface area contributed by atoms with Crippen molar-refractivity contribution in [3.63, 3.8) is 0 Å². The van der Waals surface area contributed by atoms with Gasteiger partial charge >= 0.3 is 0 Å². The second kappa shape index (κ2) is 14.0. The predicted molar refractivity (Wildman–Crippen MR) is 119 cm³/mol. The van der Waals surface area contributed by atoms with E-state index in [0.29, 0.717) is 5.41 Å². The summed E-state index contributed by atoms with van der Waals surface area (Å²) in [6, 6.07) is 0. The van der Waals surface area contributed by atoms with Crippen molar-refractivity contribution in [3.8, 4) is 0 Å². The van der Waals surface area contributed by atoms with Gasteiger partial charge in [0.1, 0.15) is 0 Å². The second-order valence-electron chi connectivity index (χ2n) is 7.38. The summed E-state index contributed by atoms with van der Waals surface area (Å²) in [5, 5.41) is 6.88. The Morgan fingerprint density at radius 3 is 2.58 bits per heavy atom. The molecule has 0 amide bonds. The average molecular weight is 482 g/mol. The zero-order valence-corrected chi connectivity index (χ0v) is 19.1. The minimum Gasteiger partial charge on any atom is -0.385 e.